The highest BCUT2D eigenvalue weighted by molar-refractivity contribution is 9.10. The quantitative estimate of drug-likeness (QED) is 0.502. The number of hydrogen-bond donors (Lipinski definition) is 0. The molecule has 3 rings (SSSR count). The van der Waals surface area contributed by atoms with E-state index in [4.69, 9.17) is 9.47 Å². The molecule has 0 atom stereocenters. The van der Waals surface area contributed by atoms with Crippen LogP contribution in [0.25, 0.3) is 11.1 Å². The summed E-state index contributed by atoms with van der Waals surface area (Å²) in [4.78, 5) is 0. The monoisotopic (exact) mass is 396 g/mol. The van der Waals surface area contributed by atoms with Crippen molar-refractivity contribution in [1.29, 1.82) is 0 Å². The Morgan fingerprint density at radius 2 is 1.60 bits per heavy atom. The Kier molecular flexibility index (Phi) is 5.44. The summed E-state index contributed by atoms with van der Waals surface area (Å²) < 4.78 is 12.6. The van der Waals surface area contributed by atoms with Crippen LogP contribution < -0.4 is 9.47 Å². The van der Waals surface area contributed by atoms with Gasteiger partial charge in [-0.25, -0.2) is 0 Å². The molecule has 0 aliphatic carbocycles. The molecule has 0 spiro atoms. The van der Waals surface area contributed by atoms with Gasteiger partial charge in [-0.15, -0.1) is 0 Å². The summed E-state index contributed by atoms with van der Waals surface area (Å²) in [6, 6.07) is 20.6. The van der Waals surface area contributed by atoms with E-state index in [1.165, 1.54) is 16.7 Å². The van der Waals surface area contributed by atoms with Gasteiger partial charge in [-0.1, -0.05) is 58.4 Å². The molecule has 0 saturated heterocycles. The van der Waals surface area contributed by atoms with E-state index in [-0.39, 0.29) is 0 Å². The molecule has 3 aromatic rings. The maximum absolute atomic E-state index is 5.95. The normalized spacial score (nSPS) is 10.6. The van der Waals surface area contributed by atoms with E-state index in [1.807, 2.05) is 30.3 Å². The molecule has 0 heterocycles. The highest BCUT2D eigenvalue weighted by Crippen LogP contribution is 2.35. The lowest BCUT2D eigenvalue weighted by Crippen LogP contribution is -1.98. The van der Waals surface area contributed by atoms with Gasteiger partial charge in [0.05, 0.1) is 7.11 Å². The molecule has 0 bridgehead atoms. The summed E-state index contributed by atoms with van der Waals surface area (Å²) in [5.41, 5.74) is 5.89. The van der Waals surface area contributed by atoms with Crippen LogP contribution in [-0.2, 0) is 6.61 Å². The molecular formula is C22H21BrO2. The summed E-state index contributed by atoms with van der Waals surface area (Å²) >= 11 is 3.59. The first kappa shape index (κ1) is 17.6. The predicted molar refractivity (Wildman–Crippen MR) is 106 cm³/mol. The minimum atomic E-state index is 0.521. The highest BCUT2D eigenvalue weighted by atomic mass is 79.9. The summed E-state index contributed by atoms with van der Waals surface area (Å²) in [5.74, 6) is 1.50. The Balaban J connectivity index is 1.88. The van der Waals surface area contributed by atoms with Gasteiger partial charge in [-0.05, 0) is 59.9 Å². The van der Waals surface area contributed by atoms with E-state index in [2.05, 4.69) is 60.1 Å². The van der Waals surface area contributed by atoms with Crippen LogP contribution in [0.15, 0.2) is 65.1 Å². The minimum absolute atomic E-state index is 0.521. The van der Waals surface area contributed by atoms with Crippen molar-refractivity contribution in [1.82, 2.24) is 0 Å². The lowest BCUT2D eigenvalue weighted by Gasteiger charge is -2.14. The number of hydrogen-bond acceptors (Lipinski definition) is 2. The van der Waals surface area contributed by atoms with Crippen molar-refractivity contribution in [2.24, 2.45) is 0 Å². The van der Waals surface area contributed by atoms with E-state index >= 15 is 0 Å². The lowest BCUT2D eigenvalue weighted by molar-refractivity contribution is 0.284. The molecule has 0 aliphatic rings. The second kappa shape index (κ2) is 7.75. The molecule has 0 N–H and O–H groups in total. The van der Waals surface area contributed by atoms with Gasteiger partial charge in [0, 0.05) is 4.47 Å². The first-order valence-electron chi connectivity index (χ1n) is 8.20. The Bertz CT molecular complexity index is 873. The fourth-order valence-electron chi connectivity index (χ4n) is 2.78. The third-order valence-corrected chi connectivity index (χ3v) is 5.07. The van der Waals surface area contributed by atoms with Crippen LogP contribution in [0.5, 0.6) is 11.5 Å². The minimum Gasteiger partial charge on any atom is -0.493 e. The second-order valence-corrected chi connectivity index (χ2v) is 6.91. The third-order valence-electron chi connectivity index (χ3n) is 4.22. The van der Waals surface area contributed by atoms with Crippen LogP contribution in [0.4, 0.5) is 0 Å². The van der Waals surface area contributed by atoms with E-state index in [1.54, 1.807) is 7.11 Å². The van der Waals surface area contributed by atoms with Crippen LogP contribution in [0.1, 0.15) is 16.7 Å². The summed E-state index contributed by atoms with van der Waals surface area (Å²) in [6.45, 7) is 4.74. The standard InChI is InChI=1S/C22H21BrO2/c1-15-12-20(23)16(2)11-19(15)18-9-10-21(22(13-18)24-3)25-14-17-7-5-4-6-8-17/h4-13H,14H2,1-3H3. The Morgan fingerprint density at radius 1 is 0.840 bits per heavy atom. The van der Waals surface area contributed by atoms with Crippen molar-refractivity contribution in [2.75, 3.05) is 7.11 Å². The zero-order valence-corrected chi connectivity index (χ0v) is 16.3. The topological polar surface area (TPSA) is 18.5 Å². The van der Waals surface area contributed by atoms with Crippen molar-refractivity contribution in [3.05, 3.63) is 81.8 Å². The predicted octanol–water partition coefficient (Wildman–Crippen LogP) is 6.32. The van der Waals surface area contributed by atoms with Crippen LogP contribution in [-0.4, -0.2) is 7.11 Å². The summed E-state index contributed by atoms with van der Waals surface area (Å²) in [5, 5.41) is 0. The van der Waals surface area contributed by atoms with Crippen molar-refractivity contribution in [3.8, 4) is 22.6 Å². The van der Waals surface area contributed by atoms with Crippen molar-refractivity contribution >= 4 is 15.9 Å². The Hall–Kier alpha value is -2.26. The highest BCUT2D eigenvalue weighted by Gasteiger charge is 2.10. The molecule has 0 unspecified atom stereocenters. The molecule has 128 valence electrons. The van der Waals surface area contributed by atoms with Gasteiger partial charge in [0.2, 0.25) is 0 Å². The third kappa shape index (κ3) is 4.05. The molecule has 3 heteroatoms. The van der Waals surface area contributed by atoms with Crippen LogP contribution in [0, 0.1) is 13.8 Å². The molecule has 3 aromatic carbocycles. The van der Waals surface area contributed by atoms with Crippen LogP contribution >= 0.6 is 15.9 Å². The molecule has 0 aliphatic heterocycles. The average Bonchev–Trinajstić information content (AvgIpc) is 2.64. The zero-order chi connectivity index (χ0) is 17.8. The number of benzene rings is 3. The maximum atomic E-state index is 5.95. The van der Waals surface area contributed by atoms with Gasteiger partial charge in [-0.2, -0.15) is 0 Å². The lowest BCUT2D eigenvalue weighted by atomic mass is 9.98. The largest absolute Gasteiger partial charge is 0.493 e. The van der Waals surface area contributed by atoms with E-state index in [0.717, 1.165) is 27.1 Å². The number of ether oxygens (including phenoxy) is 2. The number of methoxy groups -OCH3 is 1. The first-order chi connectivity index (χ1) is 12.1. The van der Waals surface area contributed by atoms with Crippen molar-refractivity contribution in [2.45, 2.75) is 20.5 Å². The van der Waals surface area contributed by atoms with Gasteiger partial charge in [0.1, 0.15) is 6.61 Å². The molecule has 0 radical (unpaired) electrons. The Labute approximate surface area is 157 Å². The fourth-order valence-corrected chi connectivity index (χ4v) is 3.24. The number of halogens is 1. The van der Waals surface area contributed by atoms with Crippen LogP contribution in [0.3, 0.4) is 0 Å². The van der Waals surface area contributed by atoms with Gasteiger partial charge < -0.3 is 9.47 Å². The maximum Gasteiger partial charge on any atom is 0.161 e. The van der Waals surface area contributed by atoms with Crippen molar-refractivity contribution < 1.29 is 9.47 Å². The zero-order valence-electron chi connectivity index (χ0n) is 14.7. The summed E-state index contributed by atoms with van der Waals surface area (Å²) in [7, 11) is 1.67. The molecule has 0 amide bonds. The molecule has 0 aromatic heterocycles. The SMILES string of the molecule is COc1cc(-c2cc(C)c(Br)cc2C)ccc1OCc1ccccc1. The molecule has 2 nitrogen and oxygen atoms in total. The molecule has 0 fully saturated rings. The summed E-state index contributed by atoms with van der Waals surface area (Å²) in [6.07, 6.45) is 0. The number of rotatable bonds is 5. The molecule has 25 heavy (non-hydrogen) atoms. The van der Waals surface area contributed by atoms with E-state index < -0.39 is 0 Å². The fraction of sp³-hybridized carbons (Fsp3) is 0.182. The average molecular weight is 397 g/mol. The molecular weight excluding hydrogens is 376 g/mol. The number of aryl methyl sites for hydroxylation is 2. The van der Waals surface area contributed by atoms with Gasteiger partial charge in [0.15, 0.2) is 11.5 Å². The second-order valence-electron chi connectivity index (χ2n) is 6.06. The molecule has 0 saturated carbocycles. The smallest absolute Gasteiger partial charge is 0.161 e. The van der Waals surface area contributed by atoms with Crippen LogP contribution in [0.2, 0.25) is 0 Å². The van der Waals surface area contributed by atoms with E-state index in [0.29, 0.717) is 6.61 Å². The van der Waals surface area contributed by atoms with E-state index in [9.17, 15) is 0 Å². The first-order valence-corrected chi connectivity index (χ1v) is 8.99. The Morgan fingerprint density at radius 3 is 2.32 bits per heavy atom. The van der Waals surface area contributed by atoms with Gasteiger partial charge >= 0.3 is 0 Å². The van der Waals surface area contributed by atoms with Gasteiger partial charge in [0.25, 0.3) is 0 Å². The van der Waals surface area contributed by atoms with Gasteiger partial charge in [-0.3, -0.25) is 0 Å². The van der Waals surface area contributed by atoms with Crippen molar-refractivity contribution in [3.63, 3.8) is 0 Å².